The molecule has 0 saturated carbocycles. The van der Waals surface area contributed by atoms with Crippen molar-refractivity contribution in [3.8, 4) is 5.75 Å². The molecule has 1 aromatic carbocycles. The van der Waals surface area contributed by atoms with Crippen molar-refractivity contribution in [1.29, 1.82) is 0 Å². The van der Waals surface area contributed by atoms with E-state index in [1.165, 1.54) is 25.3 Å². The van der Waals surface area contributed by atoms with E-state index >= 15 is 0 Å². The van der Waals surface area contributed by atoms with Gasteiger partial charge in [-0.3, -0.25) is 4.79 Å². The summed E-state index contributed by atoms with van der Waals surface area (Å²) in [6.07, 6.45) is -0.181. The first-order valence-corrected chi connectivity index (χ1v) is 6.18. The Bertz CT molecular complexity index is 450. The van der Waals surface area contributed by atoms with E-state index in [1.807, 2.05) is 0 Å². The summed E-state index contributed by atoms with van der Waals surface area (Å²) in [4.78, 5) is 10.3. The molecule has 0 saturated heterocycles. The molecule has 1 rings (SSSR count). The molecule has 0 heterocycles. The Morgan fingerprint density at radius 3 is 2.63 bits per heavy atom. The molecule has 0 amide bonds. The van der Waals surface area contributed by atoms with Crippen LogP contribution in [0.5, 0.6) is 5.75 Å². The zero-order valence-electron chi connectivity index (χ0n) is 10.5. The Balaban J connectivity index is 2.68. The lowest BCUT2D eigenvalue weighted by Gasteiger charge is -2.18. The molecule has 6 heteroatoms. The third-order valence-electron chi connectivity index (χ3n) is 2.70. The van der Waals surface area contributed by atoms with Crippen LogP contribution in [0, 0.1) is 0 Å². The topological polar surface area (TPSA) is 46.5 Å². The fourth-order valence-corrected chi connectivity index (χ4v) is 1.99. The Morgan fingerprint density at radius 2 is 2.11 bits per heavy atom. The maximum absolute atomic E-state index is 13.9. The standard InChI is InChI=1S/C13H15ClF2O3/c1-19-9-5-6-10(11(14)8-9)13(15,16)7-3-2-4-12(17)18/h5-6,8H,2-4,7H2,1H3,(H,17,18). The van der Waals surface area contributed by atoms with Crippen LogP contribution in [0.25, 0.3) is 0 Å². The Labute approximate surface area is 115 Å². The van der Waals surface area contributed by atoms with Gasteiger partial charge in [0.1, 0.15) is 5.75 Å². The third-order valence-corrected chi connectivity index (χ3v) is 3.01. The number of hydrogen-bond acceptors (Lipinski definition) is 2. The van der Waals surface area contributed by atoms with Crippen LogP contribution in [0.1, 0.15) is 31.2 Å². The molecule has 0 bridgehead atoms. The second kappa shape index (κ2) is 6.70. The quantitative estimate of drug-likeness (QED) is 0.770. The number of hydrogen-bond donors (Lipinski definition) is 1. The van der Waals surface area contributed by atoms with Crippen molar-refractivity contribution in [2.45, 2.75) is 31.6 Å². The maximum Gasteiger partial charge on any atom is 0.303 e. The summed E-state index contributed by atoms with van der Waals surface area (Å²) in [6.45, 7) is 0. The summed E-state index contributed by atoms with van der Waals surface area (Å²) in [5.41, 5.74) is -0.259. The van der Waals surface area contributed by atoms with Crippen molar-refractivity contribution in [1.82, 2.24) is 0 Å². The molecule has 0 aliphatic rings. The predicted octanol–water partition coefficient (Wildman–Crippen LogP) is 4.09. The number of alkyl halides is 2. The zero-order chi connectivity index (χ0) is 14.5. The smallest absolute Gasteiger partial charge is 0.303 e. The van der Waals surface area contributed by atoms with Gasteiger partial charge in [-0.15, -0.1) is 0 Å². The lowest BCUT2D eigenvalue weighted by Crippen LogP contribution is -2.14. The van der Waals surface area contributed by atoms with E-state index in [0.29, 0.717) is 5.75 Å². The molecule has 1 N–H and O–H groups in total. The van der Waals surface area contributed by atoms with E-state index in [0.717, 1.165) is 0 Å². The Morgan fingerprint density at radius 1 is 1.42 bits per heavy atom. The molecule has 1 aromatic rings. The number of methoxy groups -OCH3 is 1. The Kier molecular flexibility index (Phi) is 5.54. The first kappa shape index (κ1) is 15.7. The van der Waals surface area contributed by atoms with Crippen molar-refractivity contribution in [3.05, 3.63) is 28.8 Å². The SMILES string of the molecule is COc1ccc(C(F)(F)CCCCC(=O)O)c(Cl)c1. The van der Waals surface area contributed by atoms with Gasteiger partial charge < -0.3 is 9.84 Å². The van der Waals surface area contributed by atoms with Crippen molar-refractivity contribution in [2.24, 2.45) is 0 Å². The van der Waals surface area contributed by atoms with E-state index in [2.05, 4.69) is 0 Å². The Hall–Kier alpha value is -1.36. The number of carbonyl (C=O) groups is 1. The lowest BCUT2D eigenvalue weighted by molar-refractivity contribution is -0.137. The second-order valence-corrected chi connectivity index (χ2v) is 4.56. The minimum atomic E-state index is -3.07. The minimum Gasteiger partial charge on any atom is -0.497 e. The number of carboxylic acids is 1. The summed E-state index contributed by atoms with van der Waals surface area (Å²) < 4.78 is 32.7. The van der Waals surface area contributed by atoms with Crippen LogP contribution in [0.2, 0.25) is 5.02 Å². The van der Waals surface area contributed by atoms with E-state index in [4.69, 9.17) is 21.4 Å². The minimum absolute atomic E-state index is 0.0532. The highest BCUT2D eigenvalue weighted by atomic mass is 35.5. The number of ether oxygens (including phenoxy) is 1. The van der Waals surface area contributed by atoms with Crippen molar-refractivity contribution in [2.75, 3.05) is 7.11 Å². The van der Waals surface area contributed by atoms with Crippen LogP contribution in [-0.4, -0.2) is 18.2 Å². The fraction of sp³-hybridized carbons (Fsp3) is 0.462. The molecule has 19 heavy (non-hydrogen) atoms. The molecule has 0 fully saturated rings. The molecule has 0 atom stereocenters. The van der Waals surface area contributed by atoms with Gasteiger partial charge in [0.05, 0.1) is 12.1 Å². The molecule has 0 aliphatic carbocycles. The molecular weight excluding hydrogens is 278 g/mol. The highest BCUT2D eigenvalue weighted by Gasteiger charge is 2.33. The maximum atomic E-state index is 13.9. The molecule has 0 aliphatic heterocycles. The highest BCUT2D eigenvalue weighted by molar-refractivity contribution is 6.31. The first-order chi connectivity index (χ1) is 8.86. The van der Waals surface area contributed by atoms with Crippen LogP contribution in [0.15, 0.2) is 18.2 Å². The van der Waals surface area contributed by atoms with Gasteiger partial charge in [0, 0.05) is 18.4 Å². The molecule has 106 valence electrons. The normalized spacial score (nSPS) is 11.4. The van der Waals surface area contributed by atoms with Crippen LogP contribution in [0.3, 0.4) is 0 Å². The van der Waals surface area contributed by atoms with Crippen molar-refractivity contribution >= 4 is 17.6 Å². The molecular formula is C13H15ClF2O3. The first-order valence-electron chi connectivity index (χ1n) is 5.80. The van der Waals surface area contributed by atoms with E-state index < -0.39 is 18.3 Å². The highest BCUT2D eigenvalue weighted by Crippen LogP contribution is 2.39. The number of aliphatic carboxylic acids is 1. The van der Waals surface area contributed by atoms with Gasteiger partial charge in [0.2, 0.25) is 0 Å². The monoisotopic (exact) mass is 292 g/mol. The molecule has 0 radical (unpaired) electrons. The van der Waals surface area contributed by atoms with Gasteiger partial charge >= 0.3 is 5.97 Å². The second-order valence-electron chi connectivity index (χ2n) is 4.15. The average Bonchev–Trinajstić information content (AvgIpc) is 2.34. The molecule has 3 nitrogen and oxygen atoms in total. The van der Waals surface area contributed by atoms with Crippen LogP contribution in [-0.2, 0) is 10.7 Å². The van der Waals surface area contributed by atoms with E-state index in [9.17, 15) is 13.6 Å². The zero-order valence-corrected chi connectivity index (χ0v) is 11.2. The number of benzene rings is 1. The van der Waals surface area contributed by atoms with Gasteiger partial charge in [-0.2, -0.15) is 0 Å². The van der Waals surface area contributed by atoms with Gasteiger partial charge in [-0.05, 0) is 31.0 Å². The largest absolute Gasteiger partial charge is 0.497 e. The summed E-state index contributed by atoms with van der Waals surface area (Å²) in [5.74, 6) is -3.64. The number of halogens is 3. The summed E-state index contributed by atoms with van der Waals surface area (Å²) in [6, 6.07) is 3.99. The average molecular weight is 293 g/mol. The van der Waals surface area contributed by atoms with Gasteiger partial charge in [0.15, 0.2) is 0 Å². The number of carboxylic acid groups (broad SMARTS) is 1. The van der Waals surface area contributed by atoms with E-state index in [-0.39, 0.29) is 29.8 Å². The molecule has 0 aromatic heterocycles. The molecule has 0 spiro atoms. The van der Waals surface area contributed by atoms with Crippen molar-refractivity contribution < 1.29 is 23.4 Å². The third kappa shape index (κ3) is 4.67. The fourth-order valence-electron chi connectivity index (χ4n) is 1.68. The van der Waals surface area contributed by atoms with E-state index in [1.54, 1.807) is 0 Å². The molecule has 0 unspecified atom stereocenters. The summed E-state index contributed by atoms with van der Waals surface area (Å²) in [7, 11) is 1.43. The van der Waals surface area contributed by atoms with Crippen molar-refractivity contribution in [3.63, 3.8) is 0 Å². The van der Waals surface area contributed by atoms with Gasteiger partial charge in [0.25, 0.3) is 5.92 Å². The van der Waals surface area contributed by atoms with Gasteiger partial charge in [-0.1, -0.05) is 11.6 Å². The van der Waals surface area contributed by atoms with Crippen LogP contribution < -0.4 is 4.74 Å². The number of rotatable bonds is 7. The van der Waals surface area contributed by atoms with Crippen LogP contribution in [0.4, 0.5) is 8.78 Å². The summed E-state index contributed by atoms with van der Waals surface area (Å²) in [5, 5.41) is 8.39. The summed E-state index contributed by atoms with van der Waals surface area (Å²) >= 11 is 5.80. The predicted molar refractivity (Wildman–Crippen MR) is 68.0 cm³/mol. The lowest BCUT2D eigenvalue weighted by atomic mass is 10.0. The van der Waals surface area contributed by atoms with Gasteiger partial charge in [-0.25, -0.2) is 8.78 Å². The van der Waals surface area contributed by atoms with Crippen LogP contribution >= 0.6 is 11.6 Å². The number of unbranched alkanes of at least 4 members (excludes halogenated alkanes) is 1.